The van der Waals surface area contributed by atoms with E-state index in [2.05, 4.69) is 28.5 Å². The summed E-state index contributed by atoms with van der Waals surface area (Å²) in [5.41, 5.74) is 4.24. The van der Waals surface area contributed by atoms with Gasteiger partial charge in [-0.2, -0.15) is 0 Å². The SMILES string of the molecule is Cc1ccc(C)c([C@@H](C)NC(=O)c2ccc3c(=O)n(C)c(=S)[nH]c3c2)c1. The van der Waals surface area contributed by atoms with Crippen molar-refractivity contribution in [1.82, 2.24) is 14.9 Å². The minimum absolute atomic E-state index is 0.125. The summed E-state index contributed by atoms with van der Waals surface area (Å²) in [4.78, 5) is 27.9. The van der Waals surface area contributed by atoms with Gasteiger partial charge in [-0.3, -0.25) is 14.2 Å². The van der Waals surface area contributed by atoms with Crippen LogP contribution in [0.25, 0.3) is 10.9 Å². The second-order valence-electron chi connectivity index (χ2n) is 6.61. The fourth-order valence-electron chi connectivity index (χ4n) is 3.03. The summed E-state index contributed by atoms with van der Waals surface area (Å²) in [6, 6.07) is 11.0. The first kappa shape index (κ1) is 18.1. The van der Waals surface area contributed by atoms with Gasteiger partial charge in [-0.05, 0) is 62.3 Å². The number of fused-ring (bicyclic) bond motifs is 1. The quantitative estimate of drug-likeness (QED) is 0.694. The summed E-state index contributed by atoms with van der Waals surface area (Å²) in [6.07, 6.45) is 0. The van der Waals surface area contributed by atoms with Crippen molar-refractivity contribution < 1.29 is 4.79 Å². The lowest BCUT2D eigenvalue weighted by molar-refractivity contribution is 0.0940. The van der Waals surface area contributed by atoms with E-state index in [0.29, 0.717) is 21.2 Å². The van der Waals surface area contributed by atoms with Gasteiger partial charge in [0.25, 0.3) is 11.5 Å². The van der Waals surface area contributed by atoms with Gasteiger partial charge in [-0.15, -0.1) is 0 Å². The van der Waals surface area contributed by atoms with Gasteiger partial charge in [0.2, 0.25) is 0 Å². The first-order chi connectivity index (χ1) is 12.3. The highest BCUT2D eigenvalue weighted by Crippen LogP contribution is 2.20. The number of aryl methyl sites for hydroxylation is 2. The Bertz CT molecular complexity index is 1130. The van der Waals surface area contributed by atoms with E-state index in [1.807, 2.05) is 20.8 Å². The van der Waals surface area contributed by atoms with Gasteiger partial charge in [-0.1, -0.05) is 23.8 Å². The Morgan fingerprint density at radius 1 is 1.19 bits per heavy atom. The van der Waals surface area contributed by atoms with E-state index in [0.717, 1.165) is 16.7 Å². The lowest BCUT2D eigenvalue weighted by Crippen LogP contribution is -2.27. The first-order valence-electron chi connectivity index (χ1n) is 8.39. The molecule has 2 N–H and O–H groups in total. The number of nitrogens with zero attached hydrogens (tertiary/aromatic N) is 1. The third-order valence-corrected chi connectivity index (χ3v) is 4.99. The molecule has 0 aliphatic rings. The van der Waals surface area contributed by atoms with E-state index in [1.54, 1.807) is 25.2 Å². The van der Waals surface area contributed by atoms with Crippen LogP contribution in [0.3, 0.4) is 0 Å². The molecular weight excluding hydrogens is 346 g/mol. The number of aromatic nitrogens is 2. The molecular formula is C20H21N3O2S. The number of carbonyl (C=O) groups is 1. The van der Waals surface area contributed by atoms with Gasteiger partial charge >= 0.3 is 0 Å². The van der Waals surface area contributed by atoms with Crippen LogP contribution in [0.1, 0.15) is 40.0 Å². The summed E-state index contributed by atoms with van der Waals surface area (Å²) in [5, 5.41) is 3.52. The molecule has 0 aliphatic heterocycles. The summed E-state index contributed by atoms with van der Waals surface area (Å²) >= 11 is 5.14. The van der Waals surface area contributed by atoms with E-state index in [4.69, 9.17) is 12.2 Å². The molecule has 0 radical (unpaired) electrons. The van der Waals surface area contributed by atoms with Crippen molar-refractivity contribution in [3.05, 3.63) is 73.8 Å². The number of hydrogen-bond acceptors (Lipinski definition) is 3. The Kier molecular flexibility index (Phi) is 4.78. The van der Waals surface area contributed by atoms with Crippen molar-refractivity contribution in [3.8, 4) is 0 Å². The topological polar surface area (TPSA) is 66.9 Å². The molecule has 3 rings (SSSR count). The molecule has 0 saturated carbocycles. The zero-order valence-corrected chi connectivity index (χ0v) is 16.0. The fraction of sp³-hybridized carbons (Fsp3) is 0.250. The molecule has 6 heteroatoms. The zero-order valence-electron chi connectivity index (χ0n) is 15.2. The van der Waals surface area contributed by atoms with Gasteiger partial charge in [-0.25, -0.2) is 0 Å². The number of benzene rings is 2. The number of hydrogen-bond donors (Lipinski definition) is 2. The van der Waals surface area contributed by atoms with Gasteiger partial charge in [0.05, 0.1) is 16.9 Å². The maximum absolute atomic E-state index is 12.7. The van der Waals surface area contributed by atoms with E-state index in [-0.39, 0.29) is 17.5 Å². The van der Waals surface area contributed by atoms with E-state index < -0.39 is 0 Å². The molecule has 2 aromatic carbocycles. The molecule has 26 heavy (non-hydrogen) atoms. The number of aromatic amines is 1. The summed E-state index contributed by atoms with van der Waals surface area (Å²) in [5.74, 6) is -0.194. The molecule has 3 aromatic rings. The number of H-pyrrole nitrogens is 1. The molecule has 0 fully saturated rings. The van der Waals surface area contributed by atoms with E-state index >= 15 is 0 Å². The molecule has 1 heterocycles. The van der Waals surface area contributed by atoms with Crippen LogP contribution in [0.4, 0.5) is 0 Å². The smallest absolute Gasteiger partial charge is 0.261 e. The van der Waals surface area contributed by atoms with Crippen LogP contribution >= 0.6 is 12.2 Å². The van der Waals surface area contributed by atoms with Gasteiger partial charge in [0.15, 0.2) is 4.77 Å². The molecule has 5 nitrogen and oxygen atoms in total. The van der Waals surface area contributed by atoms with E-state index in [9.17, 15) is 9.59 Å². The second kappa shape index (κ2) is 6.88. The largest absolute Gasteiger partial charge is 0.346 e. The number of rotatable bonds is 3. The van der Waals surface area contributed by atoms with Crippen molar-refractivity contribution >= 4 is 29.0 Å². The third kappa shape index (κ3) is 3.32. The summed E-state index contributed by atoms with van der Waals surface area (Å²) in [6.45, 7) is 6.02. The van der Waals surface area contributed by atoms with E-state index in [1.165, 1.54) is 4.57 Å². The van der Waals surface area contributed by atoms with Gasteiger partial charge in [0.1, 0.15) is 0 Å². The van der Waals surface area contributed by atoms with Crippen molar-refractivity contribution in [3.63, 3.8) is 0 Å². The lowest BCUT2D eigenvalue weighted by Gasteiger charge is -2.17. The van der Waals surface area contributed by atoms with Crippen LogP contribution in [0, 0.1) is 18.6 Å². The Labute approximate surface area is 156 Å². The lowest BCUT2D eigenvalue weighted by atomic mass is 9.99. The maximum atomic E-state index is 12.7. The fourth-order valence-corrected chi connectivity index (χ4v) is 3.22. The highest BCUT2D eigenvalue weighted by Gasteiger charge is 2.14. The predicted molar refractivity (Wildman–Crippen MR) is 106 cm³/mol. The van der Waals surface area contributed by atoms with Crippen LogP contribution < -0.4 is 10.9 Å². The van der Waals surface area contributed by atoms with Crippen molar-refractivity contribution in [1.29, 1.82) is 0 Å². The molecule has 0 spiro atoms. The molecule has 1 aromatic heterocycles. The normalized spacial score (nSPS) is 12.2. The van der Waals surface area contributed by atoms with Gasteiger partial charge in [0, 0.05) is 12.6 Å². The highest BCUT2D eigenvalue weighted by molar-refractivity contribution is 7.71. The third-order valence-electron chi connectivity index (χ3n) is 4.61. The summed E-state index contributed by atoms with van der Waals surface area (Å²) < 4.78 is 1.70. The first-order valence-corrected chi connectivity index (χ1v) is 8.80. The molecule has 134 valence electrons. The Morgan fingerprint density at radius 2 is 1.92 bits per heavy atom. The Hall–Kier alpha value is -2.73. The van der Waals surface area contributed by atoms with Crippen molar-refractivity contribution in [2.45, 2.75) is 26.8 Å². The molecule has 1 atom stereocenters. The minimum atomic E-state index is -0.194. The minimum Gasteiger partial charge on any atom is -0.346 e. The average Bonchev–Trinajstić information content (AvgIpc) is 2.61. The molecule has 1 amide bonds. The number of carbonyl (C=O) groups excluding carboxylic acids is 1. The van der Waals surface area contributed by atoms with Crippen LogP contribution in [-0.4, -0.2) is 15.5 Å². The molecule has 0 bridgehead atoms. The highest BCUT2D eigenvalue weighted by atomic mass is 32.1. The maximum Gasteiger partial charge on any atom is 0.261 e. The second-order valence-corrected chi connectivity index (χ2v) is 7.00. The van der Waals surface area contributed by atoms with Crippen LogP contribution in [0.15, 0.2) is 41.2 Å². The van der Waals surface area contributed by atoms with Crippen molar-refractivity contribution in [2.24, 2.45) is 7.05 Å². The average molecular weight is 367 g/mol. The molecule has 0 unspecified atom stereocenters. The van der Waals surface area contributed by atoms with Crippen molar-refractivity contribution in [2.75, 3.05) is 0 Å². The monoisotopic (exact) mass is 367 g/mol. The van der Waals surface area contributed by atoms with Gasteiger partial charge < -0.3 is 10.3 Å². The Morgan fingerprint density at radius 3 is 2.65 bits per heavy atom. The standard InChI is InChI=1S/C20H21N3O2S/c1-11-5-6-12(2)16(9-11)13(3)21-18(24)14-7-8-15-17(10-14)22-20(26)23(4)19(15)25/h5-10,13H,1-4H3,(H,21,24)(H,22,26)/t13-/m1/s1. The predicted octanol–water partition coefficient (Wildman–Crippen LogP) is 3.70. The molecule has 0 saturated heterocycles. The van der Waals surface area contributed by atoms with Crippen LogP contribution in [-0.2, 0) is 7.05 Å². The zero-order chi connectivity index (χ0) is 19.0. The summed E-state index contributed by atoms with van der Waals surface area (Å²) in [7, 11) is 1.62. The van der Waals surface area contributed by atoms with Crippen LogP contribution in [0.2, 0.25) is 0 Å². The molecule has 0 aliphatic carbocycles. The number of nitrogens with one attached hydrogen (secondary N) is 2. The number of amides is 1. The Balaban J connectivity index is 1.93. The van der Waals surface area contributed by atoms with Crippen LogP contribution in [0.5, 0.6) is 0 Å².